The van der Waals surface area contributed by atoms with Crippen molar-refractivity contribution in [1.82, 2.24) is 4.31 Å². The summed E-state index contributed by atoms with van der Waals surface area (Å²) in [7, 11) is 0. The molecule has 1 unspecified atom stereocenters. The number of carbonyl (C=O) groups excluding carboxylic acids is 2. The summed E-state index contributed by atoms with van der Waals surface area (Å²) in [5, 5.41) is 5.41. The van der Waals surface area contributed by atoms with E-state index in [4.69, 9.17) is 11.6 Å². The number of halogens is 4. The van der Waals surface area contributed by atoms with Gasteiger partial charge < -0.3 is 10.6 Å². The van der Waals surface area contributed by atoms with Crippen LogP contribution in [0.25, 0.3) is 0 Å². The van der Waals surface area contributed by atoms with Gasteiger partial charge in [0.05, 0.1) is 11.3 Å². The molecule has 172 valence electrons. The maximum absolute atomic E-state index is 13.3. The number of aryl methyl sites for hydroxylation is 1. The zero-order valence-corrected chi connectivity index (χ0v) is 18.9. The Morgan fingerprint density at radius 1 is 0.939 bits per heavy atom. The number of hydrogen-bond donors (Lipinski definition) is 3. The van der Waals surface area contributed by atoms with Crippen LogP contribution in [0.1, 0.15) is 22.7 Å². The molecule has 3 rings (SSSR count). The highest BCUT2D eigenvalue weighted by atomic mass is 35.5. The number of benzene rings is 3. The summed E-state index contributed by atoms with van der Waals surface area (Å²) in [6.45, 7) is 1.75. The largest absolute Gasteiger partial charge is 0.418 e. The number of alkyl halides is 3. The summed E-state index contributed by atoms with van der Waals surface area (Å²) in [5.74, 6) is -0.610. The molecule has 0 radical (unpaired) electrons. The van der Waals surface area contributed by atoms with Gasteiger partial charge in [0, 0.05) is 10.7 Å². The van der Waals surface area contributed by atoms with Crippen LogP contribution in [0.4, 0.5) is 29.3 Å². The lowest BCUT2D eigenvalue weighted by Crippen LogP contribution is -2.38. The molecule has 33 heavy (non-hydrogen) atoms. The zero-order chi connectivity index (χ0) is 24.2. The lowest BCUT2D eigenvalue weighted by molar-refractivity contribution is -0.137. The molecule has 0 fully saturated rings. The highest BCUT2D eigenvalue weighted by Gasteiger charge is 2.35. The normalized spacial score (nSPS) is 12.1. The molecular weight excluding hydrogens is 475 g/mol. The van der Waals surface area contributed by atoms with Gasteiger partial charge in [-0.2, -0.15) is 13.2 Å². The molecule has 10 heteroatoms. The third-order valence-electron chi connectivity index (χ3n) is 4.74. The number of hydrogen-bond acceptors (Lipinski definition) is 3. The fourth-order valence-corrected chi connectivity index (χ4v) is 3.65. The number of rotatable bonds is 5. The predicted octanol–water partition coefficient (Wildman–Crippen LogP) is 6.73. The highest BCUT2D eigenvalue weighted by Crippen LogP contribution is 2.35. The van der Waals surface area contributed by atoms with Gasteiger partial charge in [0.2, 0.25) is 0 Å². The quantitative estimate of drug-likeness (QED) is 0.345. The van der Waals surface area contributed by atoms with Crippen LogP contribution in [0.2, 0.25) is 5.02 Å². The first kappa shape index (κ1) is 24.5. The lowest BCUT2D eigenvalue weighted by atomic mass is 10.1. The van der Waals surface area contributed by atoms with Gasteiger partial charge in [0.1, 0.15) is 6.04 Å². The van der Waals surface area contributed by atoms with Gasteiger partial charge in [0.25, 0.3) is 5.91 Å². The van der Waals surface area contributed by atoms with Crippen LogP contribution in [-0.2, 0) is 11.0 Å². The van der Waals surface area contributed by atoms with Crippen molar-refractivity contribution in [1.29, 1.82) is 0 Å². The molecule has 0 saturated heterocycles. The van der Waals surface area contributed by atoms with Crippen molar-refractivity contribution in [3.63, 3.8) is 0 Å². The van der Waals surface area contributed by atoms with Crippen molar-refractivity contribution < 1.29 is 22.8 Å². The van der Waals surface area contributed by atoms with Crippen LogP contribution in [0.5, 0.6) is 0 Å². The number of thiol groups is 1. The second-order valence-corrected chi connectivity index (χ2v) is 7.95. The van der Waals surface area contributed by atoms with Crippen molar-refractivity contribution >= 4 is 47.7 Å². The molecule has 0 bridgehead atoms. The van der Waals surface area contributed by atoms with E-state index in [0.717, 1.165) is 16.4 Å². The molecule has 1 atom stereocenters. The standard InChI is InChI=1S/C23H19ClF3N3O2S/c1-14-13-16(24)11-12-18(14)28-21(31)20(15-7-3-2-4-8-15)30(33)22(32)29-19-10-6-5-9-17(19)23(25,26)27/h2-13,20,33H,1H3,(H,28,31)(H,29,32). The van der Waals surface area contributed by atoms with Gasteiger partial charge in [-0.25, -0.2) is 4.79 Å². The summed E-state index contributed by atoms with van der Waals surface area (Å²) in [4.78, 5) is 26.0. The second kappa shape index (κ2) is 10.2. The fraction of sp³-hybridized carbons (Fsp3) is 0.130. The topological polar surface area (TPSA) is 61.4 Å². The number of carbonyl (C=O) groups is 2. The van der Waals surface area contributed by atoms with Crippen molar-refractivity contribution in [3.8, 4) is 0 Å². The van der Waals surface area contributed by atoms with E-state index in [2.05, 4.69) is 23.4 Å². The van der Waals surface area contributed by atoms with Crippen LogP contribution in [0.3, 0.4) is 0 Å². The third-order valence-corrected chi connectivity index (χ3v) is 5.38. The van der Waals surface area contributed by atoms with Crippen LogP contribution in [0.15, 0.2) is 72.8 Å². The number of nitrogens with one attached hydrogen (secondary N) is 2. The SMILES string of the molecule is Cc1cc(Cl)ccc1NC(=O)C(c1ccccc1)N(S)C(=O)Nc1ccccc1C(F)(F)F. The van der Waals surface area contributed by atoms with E-state index in [-0.39, 0.29) is 0 Å². The van der Waals surface area contributed by atoms with E-state index in [1.165, 1.54) is 12.1 Å². The van der Waals surface area contributed by atoms with E-state index in [1.54, 1.807) is 55.5 Å². The minimum absolute atomic E-state index is 0.413. The number of amides is 3. The Morgan fingerprint density at radius 2 is 1.58 bits per heavy atom. The third kappa shape index (κ3) is 6.00. The first-order valence-electron chi connectivity index (χ1n) is 9.65. The molecule has 3 aromatic rings. The Morgan fingerprint density at radius 3 is 2.21 bits per heavy atom. The van der Waals surface area contributed by atoms with E-state index in [1.807, 2.05) is 0 Å². The van der Waals surface area contributed by atoms with Crippen LogP contribution >= 0.6 is 24.4 Å². The lowest BCUT2D eigenvalue weighted by Gasteiger charge is -2.27. The van der Waals surface area contributed by atoms with Gasteiger partial charge in [-0.3, -0.25) is 9.10 Å². The first-order chi connectivity index (χ1) is 15.6. The molecule has 3 aromatic carbocycles. The molecule has 2 N–H and O–H groups in total. The maximum Gasteiger partial charge on any atom is 0.418 e. The van der Waals surface area contributed by atoms with Crippen molar-refractivity contribution in [2.75, 3.05) is 10.6 Å². The predicted molar refractivity (Wildman–Crippen MR) is 125 cm³/mol. The Balaban J connectivity index is 1.90. The Hall–Kier alpha value is -3.17. The Labute approximate surface area is 199 Å². The van der Waals surface area contributed by atoms with Gasteiger partial charge in [0.15, 0.2) is 0 Å². The fourth-order valence-electron chi connectivity index (χ4n) is 3.14. The van der Waals surface area contributed by atoms with Gasteiger partial charge in [-0.1, -0.05) is 66.9 Å². The minimum atomic E-state index is -4.67. The molecule has 3 amide bonds. The highest BCUT2D eigenvalue weighted by molar-refractivity contribution is 7.78. The maximum atomic E-state index is 13.3. The molecule has 0 aliphatic heterocycles. The Bertz CT molecular complexity index is 1160. The van der Waals surface area contributed by atoms with Crippen molar-refractivity contribution in [2.24, 2.45) is 0 Å². The second-order valence-electron chi connectivity index (χ2n) is 7.08. The summed E-state index contributed by atoms with van der Waals surface area (Å²) >= 11 is 10.1. The van der Waals surface area contributed by atoms with Gasteiger partial charge in [-0.05, 0) is 48.4 Å². The molecule has 5 nitrogen and oxygen atoms in total. The molecule has 0 aliphatic rings. The minimum Gasteiger partial charge on any atom is -0.324 e. The smallest absolute Gasteiger partial charge is 0.324 e. The Kier molecular flexibility index (Phi) is 7.55. The molecule has 0 aliphatic carbocycles. The van der Waals surface area contributed by atoms with E-state index in [9.17, 15) is 22.8 Å². The van der Waals surface area contributed by atoms with Crippen LogP contribution < -0.4 is 10.6 Å². The van der Waals surface area contributed by atoms with Gasteiger partial charge in [-0.15, -0.1) is 0 Å². The molecule has 0 heterocycles. The summed E-state index contributed by atoms with van der Waals surface area (Å²) in [6, 6.07) is 15.4. The molecule has 0 aromatic heterocycles. The number of para-hydroxylation sites is 1. The van der Waals surface area contributed by atoms with Crippen molar-refractivity contribution in [3.05, 3.63) is 94.5 Å². The monoisotopic (exact) mass is 493 g/mol. The number of urea groups is 1. The van der Waals surface area contributed by atoms with Crippen LogP contribution in [0, 0.1) is 6.92 Å². The zero-order valence-electron chi connectivity index (χ0n) is 17.2. The average Bonchev–Trinajstić information content (AvgIpc) is 2.76. The average molecular weight is 494 g/mol. The molecule has 0 spiro atoms. The summed E-state index contributed by atoms with van der Waals surface area (Å²) in [6.07, 6.45) is -4.67. The number of anilines is 2. The number of nitrogens with zero attached hydrogens (tertiary/aromatic N) is 1. The molecule has 0 saturated carbocycles. The van der Waals surface area contributed by atoms with Crippen molar-refractivity contribution in [2.45, 2.75) is 19.1 Å². The van der Waals surface area contributed by atoms with Crippen LogP contribution in [-0.4, -0.2) is 16.2 Å². The van der Waals surface area contributed by atoms with E-state index >= 15 is 0 Å². The first-order valence-corrected chi connectivity index (χ1v) is 10.4. The summed E-state index contributed by atoms with van der Waals surface area (Å²) < 4.78 is 40.7. The van der Waals surface area contributed by atoms with E-state index in [0.29, 0.717) is 21.8 Å². The summed E-state index contributed by atoms with van der Waals surface area (Å²) in [5.41, 5.74) is 0.107. The molecular formula is C23H19ClF3N3O2S. The van der Waals surface area contributed by atoms with Gasteiger partial charge >= 0.3 is 12.2 Å². The van der Waals surface area contributed by atoms with E-state index < -0.39 is 35.4 Å².